The summed E-state index contributed by atoms with van der Waals surface area (Å²) in [6.07, 6.45) is 0.696. The van der Waals surface area contributed by atoms with E-state index >= 15 is 0 Å². The van der Waals surface area contributed by atoms with Gasteiger partial charge in [0.15, 0.2) is 0 Å². The van der Waals surface area contributed by atoms with Crippen LogP contribution < -0.4 is 14.4 Å². The Hall–Kier alpha value is -4.39. The van der Waals surface area contributed by atoms with E-state index in [0.717, 1.165) is 22.4 Å². The summed E-state index contributed by atoms with van der Waals surface area (Å²) in [6, 6.07) is 16.4. The Morgan fingerprint density at radius 3 is 2.58 bits per heavy atom. The van der Waals surface area contributed by atoms with E-state index < -0.39 is 23.7 Å². The lowest BCUT2D eigenvalue weighted by Crippen LogP contribution is -2.29. The van der Waals surface area contributed by atoms with Gasteiger partial charge in [-0.25, -0.2) is 0 Å². The van der Waals surface area contributed by atoms with Gasteiger partial charge in [-0.05, 0) is 78.6 Å². The second-order valence-electron chi connectivity index (χ2n) is 9.02. The smallest absolute Gasteiger partial charge is 0.308 e. The fourth-order valence-electron chi connectivity index (χ4n) is 4.69. The second kappa shape index (κ2) is 9.00. The third kappa shape index (κ3) is 4.02. The van der Waals surface area contributed by atoms with E-state index in [1.54, 1.807) is 48.5 Å². The van der Waals surface area contributed by atoms with E-state index in [2.05, 4.69) is 0 Å². The average molecular weight is 484 g/mol. The number of ketones is 1. The van der Waals surface area contributed by atoms with Crippen molar-refractivity contribution in [2.45, 2.75) is 33.2 Å². The van der Waals surface area contributed by atoms with Crippen molar-refractivity contribution in [2.24, 2.45) is 0 Å². The molecule has 0 spiro atoms. The van der Waals surface area contributed by atoms with E-state index in [-0.39, 0.29) is 17.1 Å². The molecule has 2 aliphatic heterocycles. The first-order chi connectivity index (χ1) is 17.2. The SMILES string of the molecule is CC(=O)Oc1cccc(C2/C(=C(/O)c3ccc4c(c3)CCO4)C(=O)C(=O)N2c2ccc(C)c(C)c2)c1. The summed E-state index contributed by atoms with van der Waals surface area (Å²) < 4.78 is 10.8. The summed E-state index contributed by atoms with van der Waals surface area (Å²) in [5.41, 5.74) is 4.39. The molecule has 2 heterocycles. The molecule has 182 valence electrons. The van der Waals surface area contributed by atoms with Crippen molar-refractivity contribution in [1.29, 1.82) is 0 Å². The Balaban J connectivity index is 1.71. The number of rotatable bonds is 4. The van der Waals surface area contributed by atoms with Crippen molar-refractivity contribution in [2.75, 3.05) is 11.5 Å². The van der Waals surface area contributed by atoms with Crippen LogP contribution in [0.15, 0.2) is 66.2 Å². The highest BCUT2D eigenvalue weighted by atomic mass is 16.5. The van der Waals surface area contributed by atoms with E-state index in [0.29, 0.717) is 29.8 Å². The quantitative estimate of drug-likeness (QED) is 0.189. The monoisotopic (exact) mass is 483 g/mol. The average Bonchev–Trinajstić information content (AvgIpc) is 3.42. The van der Waals surface area contributed by atoms with Crippen LogP contribution in [0.4, 0.5) is 5.69 Å². The summed E-state index contributed by atoms with van der Waals surface area (Å²) in [6.45, 7) is 5.74. The predicted octanol–water partition coefficient (Wildman–Crippen LogP) is 4.79. The summed E-state index contributed by atoms with van der Waals surface area (Å²) in [5, 5.41) is 11.4. The van der Waals surface area contributed by atoms with Crippen LogP contribution in [-0.4, -0.2) is 29.4 Å². The van der Waals surface area contributed by atoms with Gasteiger partial charge in [-0.3, -0.25) is 19.3 Å². The minimum atomic E-state index is -0.924. The molecule has 1 N–H and O–H groups in total. The van der Waals surface area contributed by atoms with Crippen molar-refractivity contribution in [3.05, 3.63) is 94.1 Å². The lowest BCUT2D eigenvalue weighted by Gasteiger charge is -2.26. The van der Waals surface area contributed by atoms with E-state index in [1.807, 2.05) is 26.0 Å². The standard InChI is InChI=1S/C29H25NO6/c1-16-7-9-22(13-17(16)2)30-26(20-5-4-6-23(15-20)36-18(3)31)25(28(33)29(30)34)27(32)21-8-10-24-19(14-21)11-12-35-24/h4-10,13-15,26,32H,11-12H2,1-3H3/b27-25-. The Kier molecular flexibility index (Phi) is 5.84. The van der Waals surface area contributed by atoms with Crippen LogP contribution in [-0.2, 0) is 20.8 Å². The summed E-state index contributed by atoms with van der Waals surface area (Å²) in [5.74, 6) is -1.27. The van der Waals surface area contributed by atoms with Gasteiger partial charge in [-0.1, -0.05) is 18.2 Å². The molecule has 36 heavy (non-hydrogen) atoms. The maximum absolute atomic E-state index is 13.4. The predicted molar refractivity (Wildman–Crippen MR) is 134 cm³/mol. The summed E-state index contributed by atoms with van der Waals surface area (Å²) in [4.78, 5) is 39.8. The van der Waals surface area contributed by atoms with Gasteiger partial charge in [0.05, 0.1) is 18.2 Å². The van der Waals surface area contributed by atoms with Gasteiger partial charge in [0, 0.05) is 24.6 Å². The van der Waals surface area contributed by atoms with Crippen LogP contribution in [0.3, 0.4) is 0 Å². The number of anilines is 1. The third-order valence-corrected chi connectivity index (χ3v) is 6.61. The highest BCUT2D eigenvalue weighted by Crippen LogP contribution is 2.43. The normalized spacial score (nSPS) is 18.2. The fourth-order valence-corrected chi connectivity index (χ4v) is 4.69. The number of hydrogen-bond donors (Lipinski definition) is 1. The zero-order valence-corrected chi connectivity index (χ0v) is 20.2. The van der Waals surface area contributed by atoms with Crippen molar-refractivity contribution in [3.63, 3.8) is 0 Å². The molecule has 0 aromatic heterocycles. The molecule has 2 aliphatic rings. The van der Waals surface area contributed by atoms with Crippen LogP contribution in [0, 0.1) is 13.8 Å². The summed E-state index contributed by atoms with van der Waals surface area (Å²) in [7, 11) is 0. The van der Waals surface area contributed by atoms with Gasteiger partial charge in [-0.15, -0.1) is 0 Å². The van der Waals surface area contributed by atoms with E-state index in [1.165, 1.54) is 11.8 Å². The Morgan fingerprint density at radius 2 is 1.83 bits per heavy atom. The molecule has 7 nitrogen and oxygen atoms in total. The zero-order valence-electron chi connectivity index (χ0n) is 20.2. The Morgan fingerprint density at radius 1 is 1.03 bits per heavy atom. The van der Waals surface area contributed by atoms with Crippen LogP contribution in [0.25, 0.3) is 5.76 Å². The number of nitrogens with zero attached hydrogens (tertiary/aromatic N) is 1. The number of carbonyl (C=O) groups excluding carboxylic acids is 3. The molecule has 1 unspecified atom stereocenters. The van der Waals surface area contributed by atoms with Crippen molar-refractivity contribution >= 4 is 29.1 Å². The van der Waals surface area contributed by atoms with Crippen molar-refractivity contribution in [1.82, 2.24) is 0 Å². The van der Waals surface area contributed by atoms with Gasteiger partial charge < -0.3 is 14.6 Å². The summed E-state index contributed by atoms with van der Waals surface area (Å²) >= 11 is 0. The molecule has 1 amide bonds. The number of benzene rings is 3. The maximum Gasteiger partial charge on any atom is 0.308 e. The van der Waals surface area contributed by atoms with Crippen LogP contribution >= 0.6 is 0 Å². The topological polar surface area (TPSA) is 93.1 Å². The Bertz CT molecular complexity index is 1450. The number of ether oxygens (including phenoxy) is 2. The first kappa shape index (κ1) is 23.4. The molecule has 7 heteroatoms. The largest absolute Gasteiger partial charge is 0.507 e. The number of fused-ring (bicyclic) bond motifs is 1. The maximum atomic E-state index is 13.4. The number of amides is 1. The first-order valence-electron chi connectivity index (χ1n) is 11.7. The lowest BCUT2D eigenvalue weighted by molar-refractivity contribution is -0.132. The van der Waals surface area contributed by atoms with E-state index in [9.17, 15) is 19.5 Å². The molecule has 0 bridgehead atoms. The molecule has 0 aliphatic carbocycles. The van der Waals surface area contributed by atoms with Crippen molar-refractivity contribution < 1.29 is 29.0 Å². The molecule has 5 rings (SSSR count). The first-order valence-corrected chi connectivity index (χ1v) is 11.7. The highest BCUT2D eigenvalue weighted by molar-refractivity contribution is 6.51. The van der Waals surface area contributed by atoms with Crippen LogP contribution in [0.1, 0.15) is 40.8 Å². The lowest BCUT2D eigenvalue weighted by atomic mass is 9.94. The minimum absolute atomic E-state index is 0.0305. The number of carbonyl (C=O) groups is 3. The number of aryl methyl sites for hydroxylation is 2. The number of aliphatic hydroxyl groups is 1. The van der Waals surface area contributed by atoms with Crippen LogP contribution in [0.5, 0.6) is 11.5 Å². The molecule has 0 saturated carbocycles. The van der Waals surface area contributed by atoms with E-state index in [4.69, 9.17) is 9.47 Å². The molecule has 0 radical (unpaired) electrons. The molecule has 3 aromatic rings. The number of hydrogen-bond acceptors (Lipinski definition) is 6. The van der Waals surface area contributed by atoms with Gasteiger partial charge >= 0.3 is 5.97 Å². The van der Waals surface area contributed by atoms with Gasteiger partial charge in [0.1, 0.15) is 17.3 Å². The molecule has 3 aromatic carbocycles. The van der Waals surface area contributed by atoms with Crippen LogP contribution in [0.2, 0.25) is 0 Å². The number of esters is 1. The third-order valence-electron chi connectivity index (χ3n) is 6.61. The molecular weight excluding hydrogens is 458 g/mol. The molecule has 1 atom stereocenters. The number of Topliss-reactive ketones (excluding diaryl/α,β-unsaturated/α-hetero) is 1. The van der Waals surface area contributed by atoms with Gasteiger partial charge in [0.25, 0.3) is 11.7 Å². The highest BCUT2D eigenvalue weighted by Gasteiger charge is 2.47. The molecular formula is C29H25NO6. The molecule has 1 saturated heterocycles. The molecule has 1 fully saturated rings. The van der Waals surface area contributed by atoms with Gasteiger partial charge in [-0.2, -0.15) is 0 Å². The Labute approximate surface area is 208 Å². The van der Waals surface area contributed by atoms with Gasteiger partial charge in [0.2, 0.25) is 0 Å². The fraction of sp³-hybridized carbons (Fsp3) is 0.207. The number of aliphatic hydroxyl groups excluding tert-OH is 1. The van der Waals surface area contributed by atoms with Crippen molar-refractivity contribution in [3.8, 4) is 11.5 Å². The minimum Gasteiger partial charge on any atom is -0.507 e. The second-order valence-corrected chi connectivity index (χ2v) is 9.02. The zero-order chi connectivity index (χ0) is 25.6.